The predicted molar refractivity (Wildman–Crippen MR) is 131 cm³/mol. The average molecular weight is 490 g/mol. The van der Waals surface area contributed by atoms with Crippen molar-refractivity contribution >= 4 is 23.9 Å². The second-order valence-electron chi connectivity index (χ2n) is 10.1. The van der Waals surface area contributed by atoms with E-state index in [0.717, 1.165) is 18.4 Å². The Bertz CT molecular complexity index is 905. The molecule has 3 amide bonds. The van der Waals surface area contributed by atoms with Crippen molar-refractivity contribution in [1.29, 1.82) is 0 Å². The summed E-state index contributed by atoms with van der Waals surface area (Å²) in [4.78, 5) is 53.2. The highest BCUT2D eigenvalue weighted by Gasteiger charge is 2.45. The van der Waals surface area contributed by atoms with Gasteiger partial charge in [0.1, 0.15) is 24.2 Å². The minimum atomic E-state index is -0.966. The van der Waals surface area contributed by atoms with Gasteiger partial charge in [-0.3, -0.25) is 14.4 Å². The highest BCUT2D eigenvalue weighted by Crippen LogP contribution is 2.36. The lowest BCUT2D eigenvalue weighted by molar-refractivity contribution is -0.145. The number of aryl methyl sites for hydroxylation is 1. The van der Waals surface area contributed by atoms with E-state index in [4.69, 9.17) is 4.74 Å². The fourth-order valence-corrected chi connectivity index (χ4v) is 3.66. The molecule has 3 unspecified atom stereocenters. The van der Waals surface area contributed by atoms with E-state index in [9.17, 15) is 19.2 Å². The number of nitrogens with zero attached hydrogens (tertiary/aromatic N) is 1. The smallest absolute Gasteiger partial charge is 0.408 e. The molecule has 0 bridgehead atoms. The summed E-state index contributed by atoms with van der Waals surface area (Å²) in [6.45, 7) is 10.7. The molecular weight excluding hydrogens is 450 g/mol. The van der Waals surface area contributed by atoms with E-state index in [0.29, 0.717) is 12.0 Å². The lowest BCUT2D eigenvalue weighted by atomic mass is 9.95. The molecule has 0 spiro atoms. The summed E-state index contributed by atoms with van der Waals surface area (Å²) in [6.07, 6.45) is 1.44. The number of hydrogen-bond acceptors (Lipinski definition) is 6. The summed E-state index contributed by atoms with van der Waals surface area (Å²) in [6, 6.07) is 5.36. The monoisotopic (exact) mass is 489 g/mol. The Kier molecular flexibility index (Phi) is 9.68. The van der Waals surface area contributed by atoms with Crippen LogP contribution in [0.5, 0.6) is 0 Å². The number of carbonyl (C=O) groups excluding carboxylic acids is 4. The largest absolute Gasteiger partial charge is 0.468 e. The minimum absolute atomic E-state index is 0.148. The van der Waals surface area contributed by atoms with Gasteiger partial charge in [0.05, 0.1) is 7.11 Å². The maximum absolute atomic E-state index is 14.0. The highest BCUT2D eigenvalue weighted by atomic mass is 16.6. The Morgan fingerprint density at radius 1 is 1.11 bits per heavy atom. The van der Waals surface area contributed by atoms with Crippen LogP contribution in [0.2, 0.25) is 0 Å². The SMILES string of the molecule is CCC(C)C(NC(=O)OC(C)(C)C)C(=O)N(C1CC1)C(C(=O)NCC(=O)OC)c1ccc(C)cc1. The zero-order chi connectivity index (χ0) is 26.3. The maximum Gasteiger partial charge on any atom is 0.408 e. The third kappa shape index (κ3) is 8.26. The fraction of sp³-hybridized carbons (Fsp3) is 0.615. The number of carbonyl (C=O) groups is 4. The first-order valence-corrected chi connectivity index (χ1v) is 12.1. The van der Waals surface area contributed by atoms with Gasteiger partial charge < -0.3 is 25.0 Å². The molecular formula is C26H39N3O6. The number of alkyl carbamates (subject to hydrolysis) is 1. The Morgan fingerprint density at radius 2 is 1.71 bits per heavy atom. The van der Waals surface area contributed by atoms with Gasteiger partial charge in [-0.05, 0) is 52.0 Å². The summed E-state index contributed by atoms with van der Waals surface area (Å²) in [7, 11) is 1.24. The first-order valence-electron chi connectivity index (χ1n) is 12.1. The number of amides is 3. The molecule has 2 N–H and O–H groups in total. The quantitative estimate of drug-likeness (QED) is 0.488. The van der Waals surface area contributed by atoms with Crippen LogP contribution in [0.3, 0.4) is 0 Å². The molecule has 0 radical (unpaired) electrons. The number of hydrogen-bond donors (Lipinski definition) is 2. The fourth-order valence-electron chi connectivity index (χ4n) is 3.66. The van der Waals surface area contributed by atoms with E-state index in [1.165, 1.54) is 7.11 Å². The van der Waals surface area contributed by atoms with Crippen molar-refractivity contribution in [2.24, 2.45) is 5.92 Å². The van der Waals surface area contributed by atoms with Crippen molar-refractivity contribution in [2.75, 3.05) is 13.7 Å². The molecule has 1 aromatic carbocycles. The summed E-state index contributed by atoms with van der Waals surface area (Å²) in [5.74, 6) is -1.63. The second-order valence-corrected chi connectivity index (χ2v) is 10.1. The van der Waals surface area contributed by atoms with Crippen LogP contribution in [-0.4, -0.2) is 60.1 Å². The van der Waals surface area contributed by atoms with Crippen LogP contribution < -0.4 is 10.6 Å². The summed E-state index contributed by atoms with van der Waals surface area (Å²) < 4.78 is 10.0. The summed E-state index contributed by atoms with van der Waals surface area (Å²) in [5, 5.41) is 5.34. The van der Waals surface area contributed by atoms with E-state index in [1.54, 1.807) is 37.8 Å². The predicted octanol–water partition coefficient (Wildman–Crippen LogP) is 3.26. The van der Waals surface area contributed by atoms with E-state index in [2.05, 4.69) is 15.4 Å². The van der Waals surface area contributed by atoms with Crippen molar-refractivity contribution in [1.82, 2.24) is 15.5 Å². The van der Waals surface area contributed by atoms with Crippen molar-refractivity contribution < 1.29 is 28.7 Å². The van der Waals surface area contributed by atoms with Gasteiger partial charge in [0.25, 0.3) is 0 Å². The normalized spacial score (nSPS) is 15.9. The van der Waals surface area contributed by atoms with Gasteiger partial charge in [-0.25, -0.2) is 4.79 Å². The molecule has 9 heteroatoms. The van der Waals surface area contributed by atoms with Gasteiger partial charge in [0.2, 0.25) is 11.8 Å². The summed E-state index contributed by atoms with van der Waals surface area (Å²) >= 11 is 0. The Morgan fingerprint density at radius 3 is 2.20 bits per heavy atom. The first kappa shape index (κ1) is 28.1. The zero-order valence-electron chi connectivity index (χ0n) is 21.8. The van der Waals surface area contributed by atoms with Crippen molar-refractivity contribution in [3.8, 4) is 0 Å². The van der Waals surface area contributed by atoms with Crippen LogP contribution in [0, 0.1) is 12.8 Å². The van der Waals surface area contributed by atoms with Crippen LogP contribution in [0.15, 0.2) is 24.3 Å². The third-order valence-corrected chi connectivity index (χ3v) is 5.90. The molecule has 0 aliphatic heterocycles. The molecule has 1 aromatic rings. The van der Waals surface area contributed by atoms with Gasteiger partial charge in [-0.1, -0.05) is 50.1 Å². The van der Waals surface area contributed by atoms with Gasteiger partial charge in [0.15, 0.2) is 0 Å². The molecule has 194 valence electrons. The Balaban J connectivity index is 2.43. The van der Waals surface area contributed by atoms with E-state index in [1.807, 2.05) is 32.9 Å². The first-order chi connectivity index (χ1) is 16.4. The van der Waals surface area contributed by atoms with Crippen LogP contribution in [0.4, 0.5) is 4.79 Å². The summed E-state index contributed by atoms with van der Waals surface area (Å²) in [5.41, 5.74) is 0.913. The minimum Gasteiger partial charge on any atom is -0.468 e. The van der Waals surface area contributed by atoms with Crippen molar-refractivity contribution in [3.05, 3.63) is 35.4 Å². The number of benzene rings is 1. The number of ether oxygens (including phenoxy) is 2. The standard InChI is InChI=1S/C26H39N3O6/c1-8-17(3)21(28-25(33)35-26(4,5)6)24(32)29(19-13-14-19)22(18-11-9-16(2)10-12-18)23(31)27-15-20(30)34-7/h9-12,17,19,21-22H,8,13-15H2,1-7H3,(H,27,31)(H,28,33). The third-order valence-electron chi connectivity index (χ3n) is 5.90. The van der Waals surface area contributed by atoms with Crippen LogP contribution in [0.25, 0.3) is 0 Å². The van der Waals surface area contributed by atoms with Crippen LogP contribution >= 0.6 is 0 Å². The topological polar surface area (TPSA) is 114 Å². The molecule has 1 saturated carbocycles. The van der Waals surface area contributed by atoms with Crippen LogP contribution in [-0.2, 0) is 23.9 Å². The lowest BCUT2D eigenvalue weighted by Crippen LogP contribution is -2.56. The highest BCUT2D eigenvalue weighted by molar-refractivity contribution is 5.93. The molecule has 0 heterocycles. The number of methoxy groups -OCH3 is 1. The Labute approximate surface area is 207 Å². The second kappa shape index (κ2) is 12.0. The van der Waals surface area contributed by atoms with Crippen molar-refractivity contribution in [2.45, 2.75) is 84.5 Å². The Hall–Kier alpha value is -3.10. The van der Waals surface area contributed by atoms with Gasteiger partial charge in [0, 0.05) is 6.04 Å². The molecule has 1 fully saturated rings. The zero-order valence-corrected chi connectivity index (χ0v) is 21.8. The van der Waals surface area contributed by atoms with E-state index >= 15 is 0 Å². The number of esters is 1. The van der Waals surface area contributed by atoms with Gasteiger partial charge >= 0.3 is 12.1 Å². The van der Waals surface area contributed by atoms with Gasteiger partial charge in [-0.2, -0.15) is 0 Å². The van der Waals surface area contributed by atoms with E-state index in [-0.39, 0.29) is 24.4 Å². The van der Waals surface area contributed by atoms with E-state index < -0.39 is 35.7 Å². The molecule has 0 aromatic heterocycles. The van der Waals surface area contributed by atoms with Crippen LogP contribution in [0.1, 0.15) is 71.0 Å². The molecule has 0 saturated heterocycles. The van der Waals surface area contributed by atoms with Crippen molar-refractivity contribution in [3.63, 3.8) is 0 Å². The number of nitrogens with one attached hydrogen (secondary N) is 2. The van der Waals surface area contributed by atoms with Gasteiger partial charge in [-0.15, -0.1) is 0 Å². The molecule has 1 aliphatic rings. The number of rotatable bonds is 10. The molecule has 3 atom stereocenters. The molecule has 1 aliphatic carbocycles. The average Bonchev–Trinajstić information content (AvgIpc) is 3.62. The maximum atomic E-state index is 14.0. The molecule has 35 heavy (non-hydrogen) atoms. The molecule has 9 nitrogen and oxygen atoms in total. The lowest BCUT2D eigenvalue weighted by Gasteiger charge is -2.36. The molecule has 2 rings (SSSR count).